The van der Waals surface area contributed by atoms with Crippen LogP contribution in [0.15, 0.2) is 36.1 Å². The van der Waals surface area contributed by atoms with E-state index in [1.165, 1.54) is 6.42 Å². The number of thiazole rings is 1. The van der Waals surface area contributed by atoms with Crippen molar-refractivity contribution in [1.82, 2.24) is 24.4 Å². The molecule has 1 atom stereocenters. The molecule has 1 aliphatic heterocycles. The Morgan fingerprint density at radius 3 is 3.00 bits per heavy atom. The van der Waals surface area contributed by atoms with Crippen molar-refractivity contribution in [1.29, 1.82) is 0 Å². The van der Waals surface area contributed by atoms with E-state index in [1.807, 2.05) is 38.6 Å². The van der Waals surface area contributed by atoms with Crippen LogP contribution in [0.25, 0.3) is 0 Å². The normalized spacial score (nSPS) is 17.9. The van der Waals surface area contributed by atoms with Crippen LogP contribution >= 0.6 is 11.3 Å². The van der Waals surface area contributed by atoms with Gasteiger partial charge in [-0.1, -0.05) is 6.07 Å². The molecule has 4 heterocycles. The van der Waals surface area contributed by atoms with Gasteiger partial charge in [-0.3, -0.25) is 4.90 Å². The molecule has 1 fully saturated rings. The fraction of sp³-hybridized carbons (Fsp3) is 0.389. The van der Waals surface area contributed by atoms with Crippen LogP contribution in [0.1, 0.15) is 36.0 Å². The van der Waals surface area contributed by atoms with Gasteiger partial charge in [-0.2, -0.15) is 0 Å². The topological polar surface area (TPSA) is 58.9 Å². The fourth-order valence-corrected chi connectivity index (χ4v) is 3.99. The summed E-state index contributed by atoms with van der Waals surface area (Å²) in [6, 6.07) is 4.41. The molecule has 1 saturated heterocycles. The van der Waals surface area contributed by atoms with Gasteiger partial charge in [0.1, 0.15) is 11.6 Å². The average Bonchev–Trinajstić information content (AvgIpc) is 3.33. The van der Waals surface area contributed by atoms with Crippen LogP contribution in [0.3, 0.4) is 0 Å². The molecule has 0 unspecified atom stereocenters. The van der Waals surface area contributed by atoms with Crippen LogP contribution in [-0.4, -0.2) is 31.0 Å². The highest BCUT2D eigenvalue weighted by atomic mass is 32.1. The number of imidazole rings is 1. The van der Waals surface area contributed by atoms with Gasteiger partial charge in [0, 0.05) is 31.0 Å². The van der Waals surface area contributed by atoms with E-state index >= 15 is 0 Å². The van der Waals surface area contributed by atoms with Crippen LogP contribution in [0, 0.1) is 6.92 Å². The Morgan fingerprint density at radius 2 is 2.24 bits per heavy atom. The van der Waals surface area contributed by atoms with Gasteiger partial charge in [0.25, 0.3) is 0 Å². The summed E-state index contributed by atoms with van der Waals surface area (Å²) in [5.74, 6) is 1.94. The summed E-state index contributed by atoms with van der Waals surface area (Å²) in [6.07, 6.45) is 8.08. The van der Waals surface area contributed by atoms with E-state index in [0.29, 0.717) is 6.04 Å². The second-order valence-electron chi connectivity index (χ2n) is 6.51. The Hall–Kier alpha value is -2.25. The quantitative estimate of drug-likeness (QED) is 0.758. The van der Waals surface area contributed by atoms with Crippen molar-refractivity contribution >= 4 is 22.3 Å². The molecule has 25 heavy (non-hydrogen) atoms. The van der Waals surface area contributed by atoms with Crippen molar-refractivity contribution in [3.63, 3.8) is 0 Å². The molecular weight excluding hydrogens is 332 g/mol. The molecule has 130 valence electrons. The molecule has 0 saturated carbocycles. The monoisotopic (exact) mass is 354 g/mol. The van der Waals surface area contributed by atoms with E-state index in [0.717, 1.165) is 47.5 Å². The number of hydrogen-bond donors (Lipinski definition) is 1. The summed E-state index contributed by atoms with van der Waals surface area (Å²) in [7, 11) is 2.05. The van der Waals surface area contributed by atoms with Crippen LogP contribution in [0.5, 0.6) is 0 Å². The number of hydrogen-bond acceptors (Lipinski definition) is 6. The Labute approximate surface area is 151 Å². The summed E-state index contributed by atoms with van der Waals surface area (Å²) in [5, 5.41) is 6.37. The van der Waals surface area contributed by atoms with Crippen molar-refractivity contribution < 1.29 is 0 Å². The maximum absolute atomic E-state index is 4.81. The maximum atomic E-state index is 4.81. The Morgan fingerprint density at radius 1 is 1.32 bits per heavy atom. The van der Waals surface area contributed by atoms with Gasteiger partial charge < -0.3 is 9.88 Å². The van der Waals surface area contributed by atoms with Crippen molar-refractivity contribution in [2.75, 3.05) is 11.9 Å². The minimum Gasteiger partial charge on any atom is -0.337 e. The van der Waals surface area contributed by atoms with Gasteiger partial charge in [-0.15, -0.1) is 11.3 Å². The first-order chi connectivity index (χ1) is 12.2. The number of anilines is 2. The van der Waals surface area contributed by atoms with Crippen LogP contribution in [0.4, 0.5) is 10.9 Å². The number of aromatic nitrogens is 4. The lowest BCUT2D eigenvalue weighted by molar-refractivity contribution is 0.237. The first kappa shape index (κ1) is 16.2. The number of rotatable bonds is 5. The maximum Gasteiger partial charge on any atom is 0.188 e. The van der Waals surface area contributed by atoms with Gasteiger partial charge in [0.15, 0.2) is 5.13 Å². The van der Waals surface area contributed by atoms with Crippen molar-refractivity contribution in [3.05, 3.63) is 53.2 Å². The number of nitrogens with zero attached hydrogens (tertiary/aromatic N) is 5. The number of aryl methyl sites for hydroxylation is 2. The summed E-state index contributed by atoms with van der Waals surface area (Å²) in [5.41, 5.74) is 2.30. The van der Waals surface area contributed by atoms with E-state index in [9.17, 15) is 0 Å². The van der Waals surface area contributed by atoms with Gasteiger partial charge in [0.2, 0.25) is 0 Å². The first-order valence-corrected chi connectivity index (χ1v) is 9.42. The van der Waals surface area contributed by atoms with Crippen molar-refractivity contribution in [2.24, 2.45) is 7.05 Å². The molecule has 0 bridgehead atoms. The zero-order valence-corrected chi connectivity index (χ0v) is 15.3. The van der Waals surface area contributed by atoms with E-state index in [-0.39, 0.29) is 0 Å². The molecule has 0 aliphatic carbocycles. The SMILES string of the molecule is Cc1ccc(Nc2nc([C@@H]3CCCN3Cc3nccn3C)cs2)nc1. The van der Waals surface area contributed by atoms with Gasteiger partial charge in [-0.25, -0.2) is 15.0 Å². The molecule has 0 radical (unpaired) electrons. The lowest BCUT2D eigenvalue weighted by Gasteiger charge is -2.22. The summed E-state index contributed by atoms with van der Waals surface area (Å²) in [4.78, 5) is 16.1. The first-order valence-electron chi connectivity index (χ1n) is 8.54. The predicted molar refractivity (Wildman–Crippen MR) is 100.0 cm³/mol. The second-order valence-corrected chi connectivity index (χ2v) is 7.36. The van der Waals surface area contributed by atoms with E-state index in [2.05, 4.69) is 36.2 Å². The molecule has 3 aromatic heterocycles. The Bertz CT molecular complexity index is 837. The van der Waals surface area contributed by atoms with Crippen LogP contribution < -0.4 is 5.32 Å². The van der Waals surface area contributed by atoms with Crippen LogP contribution in [0.2, 0.25) is 0 Å². The summed E-state index contributed by atoms with van der Waals surface area (Å²) < 4.78 is 2.09. The zero-order valence-electron chi connectivity index (χ0n) is 14.5. The molecular formula is C18H22N6S. The van der Waals surface area contributed by atoms with E-state index in [4.69, 9.17) is 4.98 Å². The molecule has 0 amide bonds. The lowest BCUT2D eigenvalue weighted by Crippen LogP contribution is -2.24. The third-order valence-electron chi connectivity index (χ3n) is 4.64. The molecule has 1 aliphatic rings. The smallest absolute Gasteiger partial charge is 0.188 e. The average molecular weight is 354 g/mol. The van der Waals surface area contributed by atoms with Gasteiger partial charge >= 0.3 is 0 Å². The molecule has 0 spiro atoms. The number of likely N-dealkylation sites (tertiary alicyclic amines) is 1. The van der Waals surface area contributed by atoms with E-state index < -0.39 is 0 Å². The van der Waals surface area contributed by atoms with E-state index in [1.54, 1.807) is 11.3 Å². The minimum atomic E-state index is 0.370. The summed E-state index contributed by atoms with van der Waals surface area (Å²) >= 11 is 1.64. The molecule has 4 rings (SSSR count). The highest BCUT2D eigenvalue weighted by molar-refractivity contribution is 7.13. The van der Waals surface area contributed by atoms with Gasteiger partial charge in [0.05, 0.1) is 18.3 Å². The summed E-state index contributed by atoms with van der Waals surface area (Å²) in [6.45, 7) is 4.00. The largest absolute Gasteiger partial charge is 0.337 e. The fourth-order valence-electron chi connectivity index (χ4n) is 3.23. The highest BCUT2D eigenvalue weighted by Crippen LogP contribution is 2.34. The highest BCUT2D eigenvalue weighted by Gasteiger charge is 2.28. The zero-order chi connectivity index (χ0) is 17.2. The third-order valence-corrected chi connectivity index (χ3v) is 5.41. The van der Waals surface area contributed by atoms with Crippen molar-refractivity contribution in [3.8, 4) is 0 Å². The minimum absolute atomic E-state index is 0.370. The third kappa shape index (κ3) is 3.57. The Balaban J connectivity index is 1.47. The number of nitrogens with one attached hydrogen (secondary N) is 1. The van der Waals surface area contributed by atoms with Gasteiger partial charge in [-0.05, 0) is 37.9 Å². The molecule has 0 aromatic carbocycles. The lowest BCUT2D eigenvalue weighted by atomic mass is 10.2. The molecule has 1 N–H and O–H groups in total. The molecule has 6 nitrogen and oxygen atoms in total. The standard InChI is InChI=1S/C18H22N6S/c1-13-5-6-16(20-10-13)22-18-21-14(12-25-18)15-4-3-8-24(15)11-17-19-7-9-23(17)2/h5-7,9-10,12,15H,3-4,8,11H2,1-2H3,(H,20,21,22)/t15-/m0/s1. The Kier molecular flexibility index (Phi) is 4.50. The predicted octanol–water partition coefficient (Wildman–Crippen LogP) is 3.66. The van der Waals surface area contributed by atoms with Crippen LogP contribution in [-0.2, 0) is 13.6 Å². The molecule has 3 aromatic rings. The van der Waals surface area contributed by atoms with Crippen molar-refractivity contribution in [2.45, 2.75) is 32.4 Å². The molecule has 7 heteroatoms. The second kappa shape index (κ2) is 6.93. The number of pyridine rings is 1.